The second-order valence-corrected chi connectivity index (χ2v) is 7.26. The van der Waals surface area contributed by atoms with E-state index in [1.807, 2.05) is 0 Å². The van der Waals surface area contributed by atoms with Crippen molar-refractivity contribution < 1.29 is 18.4 Å². The Hall–Kier alpha value is -1.03. The van der Waals surface area contributed by atoms with Gasteiger partial charge in [-0.1, -0.05) is 15.9 Å². The molecule has 0 aliphatic heterocycles. The molecular weight excluding hydrogens is 352 g/mol. The topological polar surface area (TPSA) is 101 Å². The van der Waals surface area contributed by atoms with Crippen LogP contribution >= 0.6 is 15.9 Å². The lowest BCUT2D eigenvalue weighted by atomic mass is 10.3. The van der Waals surface area contributed by atoms with E-state index in [1.165, 1.54) is 19.2 Å². The largest absolute Gasteiger partial charge is 0.393 e. The smallest absolute Gasteiger partial charge is 0.289 e. The first-order valence-corrected chi connectivity index (χ1v) is 7.98. The number of rotatable bonds is 6. The molecule has 0 saturated carbocycles. The minimum Gasteiger partial charge on any atom is -0.393 e. The fourth-order valence-electron chi connectivity index (χ4n) is 1.50. The third kappa shape index (κ3) is 3.98. The zero-order valence-electron chi connectivity index (χ0n) is 11.0. The average molecular weight is 367 g/mol. The Morgan fingerprint density at radius 1 is 1.50 bits per heavy atom. The van der Waals surface area contributed by atoms with Crippen molar-refractivity contribution in [2.45, 2.75) is 24.3 Å². The van der Waals surface area contributed by atoms with Crippen molar-refractivity contribution in [1.82, 2.24) is 4.31 Å². The molecule has 0 saturated heterocycles. The van der Waals surface area contributed by atoms with Crippen LogP contribution in [0.2, 0.25) is 0 Å². The van der Waals surface area contributed by atoms with Crippen LogP contribution < -0.4 is 0 Å². The highest BCUT2D eigenvalue weighted by atomic mass is 79.9. The molecule has 0 aliphatic carbocycles. The van der Waals surface area contributed by atoms with Crippen LogP contribution in [-0.4, -0.2) is 42.4 Å². The molecule has 0 radical (unpaired) electrons. The maximum absolute atomic E-state index is 12.3. The molecule has 1 N–H and O–H groups in total. The maximum atomic E-state index is 12.3. The van der Waals surface area contributed by atoms with Gasteiger partial charge in [0.25, 0.3) is 5.69 Å². The number of sulfonamides is 1. The van der Waals surface area contributed by atoms with Crippen molar-refractivity contribution in [2.75, 3.05) is 13.6 Å². The number of nitrogens with zero attached hydrogens (tertiary/aromatic N) is 2. The van der Waals surface area contributed by atoms with Crippen LogP contribution in [0.1, 0.15) is 13.3 Å². The van der Waals surface area contributed by atoms with Gasteiger partial charge in [-0.15, -0.1) is 0 Å². The Kier molecular flexibility index (Phi) is 5.63. The molecule has 9 heteroatoms. The second kappa shape index (κ2) is 6.61. The Bertz CT molecular complexity index is 603. The summed E-state index contributed by atoms with van der Waals surface area (Å²) in [4.78, 5) is 9.83. The van der Waals surface area contributed by atoms with Crippen molar-refractivity contribution >= 4 is 31.6 Å². The standard InChI is InChI=1S/C11H15BrN2O5S/c1-8(15)5-6-13(2)20(18,19)11-7-9(12)3-4-10(11)14(16)17/h3-4,7-8,15H,5-6H2,1-2H3. The van der Waals surface area contributed by atoms with Crippen molar-refractivity contribution in [1.29, 1.82) is 0 Å². The summed E-state index contributed by atoms with van der Waals surface area (Å²) in [6.45, 7) is 1.62. The molecule has 20 heavy (non-hydrogen) atoms. The summed E-state index contributed by atoms with van der Waals surface area (Å²) < 4.78 is 26.1. The molecular formula is C11H15BrN2O5S. The lowest BCUT2D eigenvalue weighted by Crippen LogP contribution is -2.30. The van der Waals surface area contributed by atoms with Gasteiger partial charge >= 0.3 is 0 Å². The Balaban J connectivity index is 3.21. The third-order valence-electron chi connectivity index (χ3n) is 2.67. The number of aliphatic hydroxyl groups excluding tert-OH is 1. The Morgan fingerprint density at radius 3 is 2.60 bits per heavy atom. The summed E-state index contributed by atoms with van der Waals surface area (Å²) in [5.41, 5.74) is -0.475. The summed E-state index contributed by atoms with van der Waals surface area (Å²) in [6, 6.07) is 3.75. The monoisotopic (exact) mass is 366 g/mol. The SMILES string of the molecule is CC(O)CCN(C)S(=O)(=O)c1cc(Br)ccc1[N+](=O)[O-]. The number of hydrogen-bond acceptors (Lipinski definition) is 5. The first-order chi connectivity index (χ1) is 9.16. The van der Waals surface area contributed by atoms with Crippen LogP contribution in [0.3, 0.4) is 0 Å². The number of nitro groups is 1. The quantitative estimate of drug-likeness (QED) is 0.610. The van der Waals surface area contributed by atoms with E-state index in [0.717, 1.165) is 10.4 Å². The van der Waals surface area contributed by atoms with Gasteiger partial charge in [0, 0.05) is 24.1 Å². The third-order valence-corrected chi connectivity index (χ3v) is 5.05. The first kappa shape index (κ1) is 17.0. The Labute approximate surface area is 125 Å². The van der Waals surface area contributed by atoms with Gasteiger partial charge in [0.2, 0.25) is 10.0 Å². The van der Waals surface area contributed by atoms with Crippen LogP contribution in [0.4, 0.5) is 5.69 Å². The van der Waals surface area contributed by atoms with Gasteiger partial charge in [-0.25, -0.2) is 12.7 Å². The molecule has 0 amide bonds. The van der Waals surface area contributed by atoms with E-state index in [4.69, 9.17) is 0 Å². The predicted octanol–water partition coefficient (Wildman–Crippen LogP) is 1.75. The minimum absolute atomic E-state index is 0.0731. The zero-order chi connectivity index (χ0) is 15.5. The van der Waals surface area contributed by atoms with Gasteiger partial charge in [-0.05, 0) is 25.5 Å². The molecule has 0 bridgehead atoms. The van der Waals surface area contributed by atoms with E-state index in [-0.39, 0.29) is 17.9 Å². The second-order valence-electron chi connectivity index (χ2n) is 4.33. The van der Waals surface area contributed by atoms with Crippen LogP contribution in [0.15, 0.2) is 27.6 Å². The van der Waals surface area contributed by atoms with E-state index in [9.17, 15) is 23.6 Å². The summed E-state index contributed by atoms with van der Waals surface area (Å²) in [6.07, 6.45) is -0.400. The predicted molar refractivity (Wildman–Crippen MR) is 76.9 cm³/mol. The Morgan fingerprint density at radius 2 is 2.10 bits per heavy atom. The highest BCUT2D eigenvalue weighted by molar-refractivity contribution is 9.10. The van der Waals surface area contributed by atoms with E-state index in [1.54, 1.807) is 6.92 Å². The van der Waals surface area contributed by atoms with Crippen LogP contribution in [0, 0.1) is 10.1 Å². The van der Waals surface area contributed by atoms with Crippen molar-refractivity contribution in [2.24, 2.45) is 0 Å². The molecule has 1 aromatic carbocycles. The van der Waals surface area contributed by atoms with Crippen LogP contribution in [0.5, 0.6) is 0 Å². The average Bonchev–Trinajstić information content (AvgIpc) is 2.35. The minimum atomic E-state index is -3.98. The molecule has 1 unspecified atom stereocenters. The summed E-state index contributed by atoms with van der Waals surface area (Å²) >= 11 is 3.10. The van der Waals surface area contributed by atoms with Crippen LogP contribution in [0.25, 0.3) is 0 Å². The summed E-state index contributed by atoms with van der Waals surface area (Å²) in [5, 5.41) is 20.1. The molecule has 1 rings (SSSR count). The zero-order valence-corrected chi connectivity index (χ0v) is 13.4. The molecule has 1 aromatic rings. The van der Waals surface area contributed by atoms with Gasteiger partial charge < -0.3 is 5.11 Å². The number of aliphatic hydroxyl groups is 1. The number of nitro benzene ring substituents is 1. The van der Waals surface area contributed by atoms with Crippen LogP contribution in [-0.2, 0) is 10.0 Å². The normalized spacial score (nSPS) is 13.4. The molecule has 0 aliphatic rings. The number of hydrogen-bond donors (Lipinski definition) is 1. The van der Waals surface area contributed by atoms with Gasteiger partial charge in [0.1, 0.15) is 0 Å². The molecule has 0 aromatic heterocycles. The summed E-state index contributed by atoms with van der Waals surface area (Å²) in [5.74, 6) is 0. The highest BCUT2D eigenvalue weighted by Gasteiger charge is 2.29. The lowest BCUT2D eigenvalue weighted by molar-refractivity contribution is -0.387. The number of halogens is 1. The summed E-state index contributed by atoms with van der Waals surface area (Å²) in [7, 11) is -2.66. The highest BCUT2D eigenvalue weighted by Crippen LogP contribution is 2.29. The van der Waals surface area contributed by atoms with E-state index in [2.05, 4.69) is 15.9 Å². The van der Waals surface area contributed by atoms with E-state index in [0.29, 0.717) is 4.47 Å². The van der Waals surface area contributed by atoms with Gasteiger partial charge in [-0.3, -0.25) is 10.1 Å². The molecule has 0 fully saturated rings. The number of benzene rings is 1. The fraction of sp³-hybridized carbons (Fsp3) is 0.455. The van der Waals surface area contributed by atoms with E-state index < -0.39 is 26.7 Å². The molecule has 7 nitrogen and oxygen atoms in total. The van der Waals surface area contributed by atoms with Gasteiger partial charge in [0.05, 0.1) is 11.0 Å². The molecule has 112 valence electrons. The first-order valence-electron chi connectivity index (χ1n) is 5.74. The lowest BCUT2D eigenvalue weighted by Gasteiger charge is -2.18. The van der Waals surface area contributed by atoms with Crippen molar-refractivity contribution in [3.05, 3.63) is 32.8 Å². The van der Waals surface area contributed by atoms with Gasteiger partial charge in [-0.2, -0.15) is 0 Å². The van der Waals surface area contributed by atoms with Crippen molar-refractivity contribution in [3.8, 4) is 0 Å². The van der Waals surface area contributed by atoms with E-state index >= 15 is 0 Å². The fourth-order valence-corrected chi connectivity index (χ4v) is 3.38. The molecule has 0 spiro atoms. The molecule has 1 atom stereocenters. The maximum Gasteiger partial charge on any atom is 0.289 e. The van der Waals surface area contributed by atoms with Gasteiger partial charge in [0.15, 0.2) is 4.90 Å². The molecule has 0 heterocycles. The van der Waals surface area contributed by atoms with Crippen molar-refractivity contribution in [3.63, 3.8) is 0 Å².